The molecule has 0 aliphatic carbocycles. The van der Waals surface area contributed by atoms with Gasteiger partial charge in [-0.2, -0.15) is 17.6 Å². The third kappa shape index (κ3) is 2.28. The quantitative estimate of drug-likeness (QED) is 0.533. The largest absolute Gasteiger partial charge is 0.377 e. The van der Waals surface area contributed by atoms with E-state index in [1.54, 1.807) is 0 Å². The summed E-state index contributed by atoms with van der Waals surface area (Å²) in [6.07, 6.45) is 0. The minimum Gasteiger partial charge on any atom is -0.201 e. The summed E-state index contributed by atoms with van der Waals surface area (Å²) in [5.74, 6) is -11.6. The van der Waals surface area contributed by atoms with Gasteiger partial charge in [0.25, 0.3) is 0 Å². The molecular formula is C4Cl4F6. The van der Waals surface area contributed by atoms with Crippen LogP contribution in [-0.4, -0.2) is 21.0 Å². The third-order valence-corrected chi connectivity index (χ3v) is 2.06. The molecule has 0 aromatic heterocycles. The first-order valence-corrected chi connectivity index (χ1v) is 4.15. The lowest BCUT2D eigenvalue weighted by Gasteiger charge is -2.33. The Balaban J connectivity index is 5.30. The van der Waals surface area contributed by atoms with E-state index in [0.29, 0.717) is 0 Å². The van der Waals surface area contributed by atoms with Crippen molar-refractivity contribution in [3.05, 3.63) is 0 Å². The van der Waals surface area contributed by atoms with E-state index in [4.69, 9.17) is 0 Å². The van der Waals surface area contributed by atoms with Crippen LogP contribution in [0.1, 0.15) is 0 Å². The van der Waals surface area contributed by atoms with Gasteiger partial charge in [-0.25, -0.2) is 8.78 Å². The molecule has 0 heterocycles. The first kappa shape index (κ1) is 14.7. The molecule has 0 aliphatic rings. The Morgan fingerprint density at radius 1 is 0.500 bits per heavy atom. The number of rotatable bonds is 3. The van der Waals surface area contributed by atoms with Gasteiger partial charge in [-0.15, -0.1) is 0 Å². The van der Waals surface area contributed by atoms with Crippen LogP contribution < -0.4 is 0 Å². The van der Waals surface area contributed by atoms with Gasteiger partial charge in [-0.3, -0.25) is 0 Å². The van der Waals surface area contributed by atoms with Gasteiger partial charge < -0.3 is 0 Å². The predicted octanol–water partition coefficient (Wildman–Crippen LogP) is 4.46. The number of alkyl halides is 10. The molecule has 0 aliphatic heterocycles. The molecule has 86 valence electrons. The van der Waals surface area contributed by atoms with E-state index in [-0.39, 0.29) is 0 Å². The van der Waals surface area contributed by atoms with Gasteiger partial charge in [0.15, 0.2) is 0 Å². The summed E-state index contributed by atoms with van der Waals surface area (Å²) in [6.45, 7) is 0. The van der Waals surface area contributed by atoms with Crippen LogP contribution in [0.3, 0.4) is 0 Å². The lowest BCUT2D eigenvalue weighted by molar-refractivity contribution is -0.254. The molecule has 10 heteroatoms. The summed E-state index contributed by atoms with van der Waals surface area (Å²) in [7, 11) is 0. The Morgan fingerprint density at radius 2 is 0.643 bits per heavy atom. The van der Waals surface area contributed by atoms with Crippen LogP contribution in [0.15, 0.2) is 0 Å². The van der Waals surface area contributed by atoms with E-state index in [2.05, 4.69) is 46.4 Å². The predicted molar refractivity (Wildman–Crippen MR) is 41.0 cm³/mol. The van der Waals surface area contributed by atoms with Gasteiger partial charge >= 0.3 is 21.0 Å². The highest BCUT2D eigenvalue weighted by Crippen LogP contribution is 2.56. The zero-order valence-electron chi connectivity index (χ0n) is 5.78. The second-order valence-electron chi connectivity index (χ2n) is 2.14. The van der Waals surface area contributed by atoms with Crippen LogP contribution in [0, 0.1) is 0 Å². The Labute approximate surface area is 94.0 Å². The van der Waals surface area contributed by atoms with Crippen molar-refractivity contribution < 1.29 is 26.3 Å². The Kier molecular flexibility index (Phi) is 3.84. The topological polar surface area (TPSA) is 0 Å². The van der Waals surface area contributed by atoms with Crippen molar-refractivity contribution in [3.63, 3.8) is 0 Å². The lowest BCUT2D eigenvalue weighted by Crippen LogP contribution is -2.57. The van der Waals surface area contributed by atoms with E-state index in [1.165, 1.54) is 0 Å². The van der Waals surface area contributed by atoms with Crippen molar-refractivity contribution in [2.45, 2.75) is 21.0 Å². The van der Waals surface area contributed by atoms with Gasteiger partial charge in [-0.05, 0) is 0 Å². The molecule has 0 amide bonds. The number of hydrogen-bond donors (Lipinski definition) is 0. The van der Waals surface area contributed by atoms with E-state index >= 15 is 0 Å². The third-order valence-electron chi connectivity index (χ3n) is 1.11. The molecule has 0 atom stereocenters. The highest BCUT2D eigenvalue weighted by molar-refractivity contribution is 6.49. The van der Waals surface area contributed by atoms with Crippen molar-refractivity contribution in [3.8, 4) is 0 Å². The maximum absolute atomic E-state index is 12.4. The molecule has 0 spiro atoms. The van der Waals surface area contributed by atoms with E-state index in [0.717, 1.165) is 0 Å². The number of halogens is 10. The van der Waals surface area contributed by atoms with Crippen LogP contribution in [0.4, 0.5) is 26.3 Å². The monoisotopic (exact) mass is 302 g/mol. The van der Waals surface area contributed by atoms with Crippen molar-refractivity contribution in [2.75, 3.05) is 0 Å². The fourth-order valence-electron chi connectivity index (χ4n) is 0.356. The molecule has 0 rings (SSSR count). The van der Waals surface area contributed by atoms with Crippen molar-refractivity contribution in [1.29, 1.82) is 0 Å². The SMILES string of the molecule is FC(Cl)(Cl)C(F)(F)C(F)(F)C(F)(Cl)Cl. The normalized spacial score (nSPS) is 15.9. The minimum absolute atomic E-state index is 4.10. The minimum atomic E-state index is -5.79. The fourth-order valence-corrected chi connectivity index (χ4v) is 0.831. The summed E-state index contributed by atoms with van der Waals surface area (Å²) >= 11 is 16.4. The van der Waals surface area contributed by atoms with E-state index < -0.39 is 21.0 Å². The average Bonchev–Trinajstić information content (AvgIpc) is 1.81. The molecule has 0 N–H and O–H groups in total. The van der Waals surface area contributed by atoms with Gasteiger partial charge in [0.2, 0.25) is 0 Å². The van der Waals surface area contributed by atoms with Crippen LogP contribution in [0.2, 0.25) is 0 Å². The Bertz CT molecular complexity index is 191. The van der Waals surface area contributed by atoms with Crippen molar-refractivity contribution >= 4 is 46.4 Å². The summed E-state index contributed by atoms with van der Waals surface area (Å²) in [5, 5.41) is 0. The van der Waals surface area contributed by atoms with Crippen molar-refractivity contribution in [2.24, 2.45) is 0 Å². The van der Waals surface area contributed by atoms with Crippen LogP contribution in [0.5, 0.6) is 0 Å². The van der Waals surface area contributed by atoms with Crippen molar-refractivity contribution in [1.82, 2.24) is 0 Å². The second kappa shape index (κ2) is 3.64. The lowest BCUT2D eigenvalue weighted by atomic mass is 10.2. The summed E-state index contributed by atoms with van der Waals surface area (Å²) in [6, 6.07) is 0. The summed E-state index contributed by atoms with van der Waals surface area (Å²) in [5.41, 5.74) is 0. The van der Waals surface area contributed by atoms with Crippen LogP contribution in [-0.2, 0) is 0 Å². The molecule has 0 aromatic carbocycles. The molecular weight excluding hydrogens is 304 g/mol. The number of hydrogen-bond acceptors (Lipinski definition) is 0. The zero-order valence-corrected chi connectivity index (χ0v) is 8.80. The molecule has 0 unspecified atom stereocenters. The summed E-state index contributed by atoms with van der Waals surface area (Å²) < 4.78 is 64.6. The second-order valence-corrected chi connectivity index (χ2v) is 4.61. The molecule has 0 radical (unpaired) electrons. The molecule has 0 saturated carbocycles. The maximum Gasteiger partial charge on any atom is 0.377 e. The van der Waals surface area contributed by atoms with Gasteiger partial charge in [0.05, 0.1) is 0 Å². The van der Waals surface area contributed by atoms with E-state index in [9.17, 15) is 26.3 Å². The average molecular weight is 304 g/mol. The van der Waals surface area contributed by atoms with Gasteiger partial charge in [0.1, 0.15) is 0 Å². The fraction of sp³-hybridized carbons (Fsp3) is 1.00. The zero-order chi connectivity index (χ0) is 12.0. The van der Waals surface area contributed by atoms with Crippen LogP contribution in [0.25, 0.3) is 0 Å². The smallest absolute Gasteiger partial charge is 0.201 e. The van der Waals surface area contributed by atoms with Crippen LogP contribution >= 0.6 is 46.4 Å². The summed E-state index contributed by atoms with van der Waals surface area (Å²) in [4.78, 5) is 0. The van der Waals surface area contributed by atoms with Gasteiger partial charge in [-0.1, -0.05) is 46.4 Å². The Hall–Kier alpha value is 0.740. The van der Waals surface area contributed by atoms with Gasteiger partial charge in [0, 0.05) is 0 Å². The first-order valence-electron chi connectivity index (χ1n) is 2.64. The maximum atomic E-state index is 12.4. The first-order chi connectivity index (χ1) is 5.75. The highest BCUT2D eigenvalue weighted by atomic mass is 35.5. The highest BCUT2D eigenvalue weighted by Gasteiger charge is 2.77. The standard InChI is InChI=1S/C4Cl4F6/c5-3(6,13)1(9,10)2(11,12)4(7,8)14. The molecule has 14 heavy (non-hydrogen) atoms. The van der Waals surface area contributed by atoms with E-state index in [1.807, 2.05) is 0 Å². The molecule has 0 saturated heterocycles. The Morgan fingerprint density at radius 3 is 0.714 bits per heavy atom. The molecule has 0 bridgehead atoms. The molecule has 0 aromatic rings. The molecule has 0 nitrogen and oxygen atoms in total. The molecule has 0 fully saturated rings.